The maximum absolute atomic E-state index is 12.6. The number of pyridine rings is 1. The van der Waals surface area contributed by atoms with Crippen molar-refractivity contribution in [2.75, 3.05) is 23.3 Å². The van der Waals surface area contributed by atoms with Gasteiger partial charge in [-0.1, -0.05) is 17.7 Å². The van der Waals surface area contributed by atoms with Crippen LogP contribution >= 0.6 is 0 Å². The molecule has 2 aromatic rings. The SMILES string of the molecule is Cc1ccc(N2CC[C@H]3C[C@H](C(=O)Nc4cccnc4C)O[C@@H]3C2)cc1. The Hall–Kier alpha value is -2.40. The predicted molar refractivity (Wildman–Crippen MR) is 102 cm³/mol. The van der Waals surface area contributed by atoms with Crippen LogP contribution in [0.15, 0.2) is 42.6 Å². The van der Waals surface area contributed by atoms with Crippen molar-refractivity contribution in [3.05, 3.63) is 53.9 Å². The van der Waals surface area contributed by atoms with Gasteiger partial charge in [-0.25, -0.2) is 0 Å². The number of nitrogens with zero attached hydrogens (tertiary/aromatic N) is 2. The Kier molecular flexibility index (Phi) is 4.64. The highest BCUT2D eigenvalue weighted by Crippen LogP contribution is 2.35. The van der Waals surface area contributed by atoms with E-state index in [4.69, 9.17) is 4.74 Å². The molecule has 1 amide bonds. The topological polar surface area (TPSA) is 54.5 Å². The number of carbonyl (C=O) groups excluding carboxylic acids is 1. The Morgan fingerprint density at radius 3 is 2.81 bits per heavy atom. The summed E-state index contributed by atoms with van der Waals surface area (Å²) in [5, 5.41) is 2.97. The summed E-state index contributed by atoms with van der Waals surface area (Å²) in [5.41, 5.74) is 4.08. The molecule has 1 aromatic carbocycles. The Morgan fingerprint density at radius 1 is 1.23 bits per heavy atom. The molecule has 0 radical (unpaired) electrons. The van der Waals surface area contributed by atoms with Crippen LogP contribution in [0.3, 0.4) is 0 Å². The van der Waals surface area contributed by atoms with Gasteiger partial charge >= 0.3 is 0 Å². The molecule has 0 saturated carbocycles. The lowest BCUT2D eigenvalue weighted by molar-refractivity contribution is -0.126. The lowest BCUT2D eigenvalue weighted by atomic mass is 9.91. The van der Waals surface area contributed by atoms with Crippen molar-refractivity contribution < 1.29 is 9.53 Å². The number of aryl methyl sites for hydroxylation is 2. The molecular formula is C21H25N3O2. The molecule has 2 saturated heterocycles. The number of aromatic nitrogens is 1. The van der Waals surface area contributed by atoms with Crippen molar-refractivity contribution in [3.8, 4) is 0 Å². The Balaban J connectivity index is 1.39. The number of hydrogen-bond acceptors (Lipinski definition) is 4. The molecule has 1 aromatic heterocycles. The van der Waals surface area contributed by atoms with Crippen molar-refractivity contribution in [2.45, 2.75) is 38.9 Å². The molecule has 0 spiro atoms. The fourth-order valence-electron chi connectivity index (χ4n) is 3.92. The first-order chi connectivity index (χ1) is 12.6. The van der Waals surface area contributed by atoms with E-state index in [0.29, 0.717) is 5.92 Å². The first-order valence-corrected chi connectivity index (χ1v) is 9.30. The lowest BCUT2D eigenvalue weighted by Crippen LogP contribution is -2.42. The van der Waals surface area contributed by atoms with Gasteiger partial charge in [0.1, 0.15) is 6.10 Å². The molecule has 136 valence electrons. The third kappa shape index (κ3) is 3.44. The number of fused-ring (bicyclic) bond motifs is 1. The van der Waals surface area contributed by atoms with Crippen molar-refractivity contribution in [2.24, 2.45) is 5.92 Å². The van der Waals surface area contributed by atoms with E-state index >= 15 is 0 Å². The molecule has 1 N–H and O–H groups in total. The van der Waals surface area contributed by atoms with E-state index in [1.54, 1.807) is 6.20 Å². The minimum Gasteiger partial charge on any atom is -0.369 e. The average molecular weight is 351 g/mol. The Morgan fingerprint density at radius 2 is 2.04 bits per heavy atom. The molecule has 26 heavy (non-hydrogen) atoms. The minimum atomic E-state index is -0.373. The Bertz CT molecular complexity index is 790. The minimum absolute atomic E-state index is 0.0580. The monoisotopic (exact) mass is 351 g/mol. The summed E-state index contributed by atoms with van der Waals surface area (Å²) < 4.78 is 6.14. The molecule has 4 rings (SSSR count). The van der Waals surface area contributed by atoms with Gasteiger partial charge in [0.05, 0.1) is 17.5 Å². The van der Waals surface area contributed by atoms with Crippen LogP contribution in [0.2, 0.25) is 0 Å². The van der Waals surface area contributed by atoms with E-state index in [-0.39, 0.29) is 18.1 Å². The molecule has 3 atom stereocenters. The van der Waals surface area contributed by atoms with Gasteiger partial charge in [0.25, 0.3) is 5.91 Å². The first-order valence-electron chi connectivity index (χ1n) is 9.30. The molecule has 2 aliphatic heterocycles. The largest absolute Gasteiger partial charge is 0.369 e. The van der Waals surface area contributed by atoms with Gasteiger partial charge in [-0.05, 0) is 56.9 Å². The summed E-state index contributed by atoms with van der Waals surface area (Å²) in [7, 11) is 0. The number of amides is 1. The summed E-state index contributed by atoms with van der Waals surface area (Å²) in [4.78, 5) is 19.2. The summed E-state index contributed by atoms with van der Waals surface area (Å²) >= 11 is 0. The number of ether oxygens (including phenoxy) is 1. The smallest absolute Gasteiger partial charge is 0.253 e. The van der Waals surface area contributed by atoms with Gasteiger partial charge in [0, 0.05) is 25.0 Å². The highest BCUT2D eigenvalue weighted by molar-refractivity contribution is 5.94. The molecule has 3 heterocycles. The zero-order valence-corrected chi connectivity index (χ0v) is 15.3. The van der Waals surface area contributed by atoms with E-state index in [1.165, 1.54) is 11.3 Å². The maximum atomic E-state index is 12.6. The summed E-state index contributed by atoms with van der Waals surface area (Å²) in [6, 6.07) is 12.3. The third-order valence-electron chi connectivity index (χ3n) is 5.51. The van der Waals surface area contributed by atoms with Gasteiger partial charge in [0.2, 0.25) is 0 Å². The zero-order chi connectivity index (χ0) is 18.1. The average Bonchev–Trinajstić information content (AvgIpc) is 3.07. The van der Waals surface area contributed by atoms with E-state index in [9.17, 15) is 4.79 Å². The van der Waals surface area contributed by atoms with Crippen molar-refractivity contribution in [1.29, 1.82) is 0 Å². The van der Waals surface area contributed by atoms with Crippen LogP contribution in [-0.2, 0) is 9.53 Å². The number of anilines is 2. The quantitative estimate of drug-likeness (QED) is 0.922. The van der Waals surface area contributed by atoms with Crippen LogP contribution < -0.4 is 10.2 Å². The molecule has 5 nitrogen and oxygen atoms in total. The van der Waals surface area contributed by atoms with Crippen molar-refractivity contribution in [3.63, 3.8) is 0 Å². The second-order valence-corrected chi connectivity index (χ2v) is 7.35. The van der Waals surface area contributed by atoms with Gasteiger partial charge in [0.15, 0.2) is 0 Å². The van der Waals surface area contributed by atoms with Gasteiger partial charge in [-0.2, -0.15) is 0 Å². The summed E-state index contributed by atoms with van der Waals surface area (Å²) in [6.07, 6.45) is 3.34. The third-order valence-corrected chi connectivity index (χ3v) is 5.51. The standard InChI is InChI=1S/C21H25N3O2/c1-14-5-7-17(8-6-14)24-11-9-16-12-19(26-20(16)13-24)21(25)23-18-4-3-10-22-15(18)2/h3-8,10,16,19-20H,9,11-13H2,1-2H3,(H,23,25)/t16-,19+,20+/m0/s1. The predicted octanol–water partition coefficient (Wildman–Crippen LogP) is 3.32. The normalized spacial score (nSPS) is 25.0. The van der Waals surface area contributed by atoms with Gasteiger partial charge in [-0.15, -0.1) is 0 Å². The highest BCUT2D eigenvalue weighted by atomic mass is 16.5. The van der Waals surface area contributed by atoms with Gasteiger partial charge < -0.3 is 15.0 Å². The van der Waals surface area contributed by atoms with E-state index in [2.05, 4.69) is 46.4 Å². The number of benzene rings is 1. The maximum Gasteiger partial charge on any atom is 0.253 e. The second kappa shape index (κ2) is 7.08. The number of rotatable bonds is 3. The van der Waals surface area contributed by atoms with E-state index in [1.807, 2.05) is 19.1 Å². The Labute approximate surface area is 154 Å². The van der Waals surface area contributed by atoms with Crippen LogP contribution in [-0.4, -0.2) is 36.2 Å². The summed E-state index contributed by atoms with van der Waals surface area (Å²) in [6.45, 7) is 5.86. The van der Waals surface area contributed by atoms with E-state index in [0.717, 1.165) is 37.3 Å². The summed E-state index contributed by atoms with van der Waals surface area (Å²) in [5.74, 6) is 0.403. The number of carbonyl (C=O) groups is 1. The zero-order valence-electron chi connectivity index (χ0n) is 15.3. The lowest BCUT2D eigenvalue weighted by Gasteiger charge is -2.35. The van der Waals surface area contributed by atoms with Crippen LogP contribution in [0, 0.1) is 19.8 Å². The van der Waals surface area contributed by atoms with Crippen LogP contribution in [0.5, 0.6) is 0 Å². The fraction of sp³-hybridized carbons (Fsp3) is 0.429. The molecule has 0 unspecified atom stereocenters. The molecular weight excluding hydrogens is 326 g/mol. The molecule has 2 fully saturated rings. The fourth-order valence-corrected chi connectivity index (χ4v) is 3.92. The van der Waals surface area contributed by atoms with E-state index < -0.39 is 0 Å². The highest BCUT2D eigenvalue weighted by Gasteiger charge is 2.42. The number of piperidine rings is 1. The van der Waals surface area contributed by atoms with Crippen molar-refractivity contribution >= 4 is 17.3 Å². The van der Waals surface area contributed by atoms with Crippen LogP contribution in [0.1, 0.15) is 24.1 Å². The second-order valence-electron chi connectivity index (χ2n) is 7.35. The van der Waals surface area contributed by atoms with Crippen LogP contribution in [0.25, 0.3) is 0 Å². The molecule has 2 aliphatic rings. The molecule has 5 heteroatoms. The van der Waals surface area contributed by atoms with Crippen LogP contribution in [0.4, 0.5) is 11.4 Å². The molecule has 0 bridgehead atoms. The van der Waals surface area contributed by atoms with Crippen molar-refractivity contribution in [1.82, 2.24) is 4.98 Å². The molecule has 0 aliphatic carbocycles. The number of nitrogens with one attached hydrogen (secondary N) is 1. The van der Waals surface area contributed by atoms with Gasteiger partial charge in [-0.3, -0.25) is 9.78 Å². The first kappa shape index (κ1) is 17.0. The number of hydrogen-bond donors (Lipinski definition) is 1.